The molecule has 0 saturated carbocycles. The van der Waals surface area contributed by atoms with Crippen LogP contribution in [0.1, 0.15) is 39.0 Å². The van der Waals surface area contributed by atoms with Crippen LogP contribution in [0.3, 0.4) is 0 Å². The van der Waals surface area contributed by atoms with Crippen molar-refractivity contribution in [3.05, 3.63) is 0 Å². The van der Waals surface area contributed by atoms with E-state index in [2.05, 4.69) is 0 Å². The molecule has 0 aliphatic carbocycles. The van der Waals surface area contributed by atoms with Crippen molar-refractivity contribution in [2.45, 2.75) is 39.0 Å². The summed E-state index contributed by atoms with van der Waals surface area (Å²) in [7, 11) is 0. The number of carbonyl (C=O) groups is 2. The number of hydrogen-bond acceptors (Lipinski definition) is 3. The van der Waals surface area contributed by atoms with Crippen molar-refractivity contribution in [3.8, 4) is 0 Å². The van der Waals surface area contributed by atoms with Gasteiger partial charge in [0.2, 0.25) is 5.91 Å². The van der Waals surface area contributed by atoms with Crippen LogP contribution in [-0.4, -0.2) is 48.2 Å². The largest absolute Gasteiger partial charge is 0.481 e. The Hall–Kier alpha value is -1.10. The number of aliphatic carboxylic acids is 1. The van der Waals surface area contributed by atoms with E-state index in [1.54, 1.807) is 0 Å². The Morgan fingerprint density at radius 1 is 1.35 bits per heavy atom. The van der Waals surface area contributed by atoms with Crippen molar-refractivity contribution in [2.75, 3.05) is 26.3 Å². The van der Waals surface area contributed by atoms with Crippen molar-refractivity contribution < 1.29 is 19.4 Å². The SMILES string of the molecule is CC(CC(=O)O)C1CCCN(C(=O)C2CCCOC2)C1. The van der Waals surface area contributed by atoms with Crippen LogP contribution in [0.2, 0.25) is 0 Å². The van der Waals surface area contributed by atoms with Crippen LogP contribution in [0.4, 0.5) is 0 Å². The van der Waals surface area contributed by atoms with Gasteiger partial charge in [-0.3, -0.25) is 9.59 Å². The second-order valence-electron chi connectivity index (χ2n) is 6.18. The average molecular weight is 283 g/mol. The predicted octanol–water partition coefficient (Wildman–Crippen LogP) is 1.76. The number of amides is 1. The molecule has 1 N–H and O–H groups in total. The van der Waals surface area contributed by atoms with Gasteiger partial charge in [0.25, 0.3) is 0 Å². The van der Waals surface area contributed by atoms with Gasteiger partial charge < -0.3 is 14.7 Å². The van der Waals surface area contributed by atoms with E-state index in [1.165, 1.54) is 0 Å². The molecule has 2 heterocycles. The van der Waals surface area contributed by atoms with Crippen molar-refractivity contribution in [1.29, 1.82) is 0 Å². The van der Waals surface area contributed by atoms with Crippen molar-refractivity contribution in [1.82, 2.24) is 4.90 Å². The van der Waals surface area contributed by atoms with Crippen LogP contribution in [0, 0.1) is 17.8 Å². The van der Waals surface area contributed by atoms with Crippen LogP contribution in [0.25, 0.3) is 0 Å². The lowest BCUT2D eigenvalue weighted by atomic mass is 9.84. The van der Waals surface area contributed by atoms with E-state index in [0.717, 1.165) is 38.8 Å². The minimum atomic E-state index is -0.748. The molecule has 0 aromatic rings. The summed E-state index contributed by atoms with van der Waals surface area (Å²) in [5.74, 6) is -0.0881. The lowest BCUT2D eigenvalue weighted by Gasteiger charge is -2.37. The van der Waals surface area contributed by atoms with Gasteiger partial charge in [0.05, 0.1) is 12.5 Å². The zero-order valence-electron chi connectivity index (χ0n) is 12.2. The predicted molar refractivity (Wildman–Crippen MR) is 74.3 cm³/mol. The highest BCUT2D eigenvalue weighted by atomic mass is 16.5. The van der Waals surface area contributed by atoms with Gasteiger partial charge in [-0.2, -0.15) is 0 Å². The molecule has 5 nitrogen and oxygen atoms in total. The molecule has 1 amide bonds. The molecule has 2 fully saturated rings. The van der Waals surface area contributed by atoms with E-state index in [0.29, 0.717) is 19.1 Å². The van der Waals surface area contributed by atoms with Gasteiger partial charge in [0.15, 0.2) is 0 Å². The van der Waals surface area contributed by atoms with Crippen molar-refractivity contribution >= 4 is 11.9 Å². The summed E-state index contributed by atoms with van der Waals surface area (Å²) in [6, 6.07) is 0. The number of piperidine rings is 1. The molecule has 5 heteroatoms. The average Bonchev–Trinajstić information content (AvgIpc) is 2.47. The summed E-state index contributed by atoms with van der Waals surface area (Å²) in [5, 5.41) is 8.90. The molecule has 0 radical (unpaired) electrons. The van der Waals surface area contributed by atoms with E-state index >= 15 is 0 Å². The summed E-state index contributed by atoms with van der Waals surface area (Å²) in [5.41, 5.74) is 0. The van der Waals surface area contributed by atoms with Crippen LogP contribution in [0.15, 0.2) is 0 Å². The Labute approximate surface area is 120 Å². The van der Waals surface area contributed by atoms with Gasteiger partial charge in [-0.05, 0) is 37.5 Å². The summed E-state index contributed by atoms with van der Waals surface area (Å²) in [4.78, 5) is 25.2. The van der Waals surface area contributed by atoms with E-state index in [9.17, 15) is 9.59 Å². The minimum absolute atomic E-state index is 0.0114. The number of ether oxygens (including phenoxy) is 1. The molecular formula is C15H25NO4. The fourth-order valence-corrected chi connectivity index (χ4v) is 3.31. The zero-order chi connectivity index (χ0) is 14.5. The fourth-order valence-electron chi connectivity index (χ4n) is 3.31. The van der Waals surface area contributed by atoms with Gasteiger partial charge in [0, 0.05) is 26.1 Å². The highest BCUT2D eigenvalue weighted by Gasteiger charge is 2.32. The molecule has 3 atom stereocenters. The summed E-state index contributed by atoms with van der Waals surface area (Å²) in [6.45, 7) is 4.82. The highest BCUT2D eigenvalue weighted by molar-refractivity contribution is 5.79. The Bertz CT molecular complexity index is 352. The third kappa shape index (κ3) is 3.95. The smallest absolute Gasteiger partial charge is 0.303 e. The van der Waals surface area contributed by atoms with E-state index < -0.39 is 5.97 Å². The fraction of sp³-hybridized carbons (Fsp3) is 0.867. The van der Waals surface area contributed by atoms with Gasteiger partial charge >= 0.3 is 5.97 Å². The van der Waals surface area contributed by atoms with Crippen molar-refractivity contribution in [2.24, 2.45) is 17.8 Å². The van der Waals surface area contributed by atoms with E-state index in [-0.39, 0.29) is 24.2 Å². The number of carboxylic acid groups (broad SMARTS) is 1. The third-order valence-corrected chi connectivity index (χ3v) is 4.58. The molecule has 0 spiro atoms. The number of carbonyl (C=O) groups excluding carboxylic acids is 1. The molecular weight excluding hydrogens is 258 g/mol. The minimum Gasteiger partial charge on any atom is -0.481 e. The molecule has 20 heavy (non-hydrogen) atoms. The lowest BCUT2D eigenvalue weighted by molar-refractivity contribution is -0.142. The second-order valence-corrected chi connectivity index (χ2v) is 6.18. The van der Waals surface area contributed by atoms with Gasteiger partial charge in [-0.1, -0.05) is 6.92 Å². The van der Waals surface area contributed by atoms with Crippen LogP contribution >= 0.6 is 0 Å². The van der Waals surface area contributed by atoms with Crippen LogP contribution in [0.5, 0.6) is 0 Å². The van der Waals surface area contributed by atoms with Crippen molar-refractivity contribution in [3.63, 3.8) is 0 Å². The summed E-state index contributed by atoms with van der Waals surface area (Å²) >= 11 is 0. The molecule has 3 unspecified atom stereocenters. The number of rotatable bonds is 4. The Kier molecular flexibility index (Phi) is 5.40. The molecule has 0 aromatic carbocycles. The third-order valence-electron chi connectivity index (χ3n) is 4.58. The molecule has 2 rings (SSSR count). The maximum absolute atomic E-state index is 12.5. The summed E-state index contributed by atoms with van der Waals surface area (Å²) in [6.07, 6.45) is 4.08. The Morgan fingerprint density at radius 3 is 2.80 bits per heavy atom. The van der Waals surface area contributed by atoms with Gasteiger partial charge in [-0.25, -0.2) is 0 Å². The number of carboxylic acids is 1. The maximum atomic E-state index is 12.5. The maximum Gasteiger partial charge on any atom is 0.303 e. The lowest BCUT2D eigenvalue weighted by Crippen LogP contribution is -2.46. The molecule has 2 aliphatic rings. The van der Waals surface area contributed by atoms with E-state index in [4.69, 9.17) is 9.84 Å². The summed E-state index contributed by atoms with van der Waals surface area (Å²) < 4.78 is 5.40. The van der Waals surface area contributed by atoms with Crippen LogP contribution in [-0.2, 0) is 14.3 Å². The number of nitrogens with zero attached hydrogens (tertiary/aromatic N) is 1. The van der Waals surface area contributed by atoms with Crippen LogP contribution < -0.4 is 0 Å². The number of likely N-dealkylation sites (tertiary alicyclic amines) is 1. The standard InChI is InChI=1S/C15H25NO4/c1-11(8-14(17)18)12-4-2-6-16(9-12)15(19)13-5-3-7-20-10-13/h11-13H,2-10H2,1H3,(H,17,18). The molecule has 2 aliphatic heterocycles. The monoisotopic (exact) mass is 283 g/mol. The first kappa shape index (κ1) is 15.3. The first-order valence-corrected chi connectivity index (χ1v) is 7.66. The molecule has 2 saturated heterocycles. The second kappa shape index (κ2) is 7.07. The zero-order valence-corrected chi connectivity index (χ0v) is 12.2. The molecule has 114 valence electrons. The Balaban J connectivity index is 1.88. The quantitative estimate of drug-likeness (QED) is 0.853. The van der Waals surface area contributed by atoms with E-state index in [1.807, 2.05) is 11.8 Å². The normalized spacial score (nSPS) is 28.9. The Morgan fingerprint density at radius 2 is 2.15 bits per heavy atom. The van der Waals surface area contributed by atoms with Gasteiger partial charge in [0.1, 0.15) is 0 Å². The van der Waals surface area contributed by atoms with Gasteiger partial charge in [-0.15, -0.1) is 0 Å². The first-order valence-electron chi connectivity index (χ1n) is 7.66. The molecule has 0 bridgehead atoms. The highest BCUT2D eigenvalue weighted by Crippen LogP contribution is 2.28. The molecule has 0 aromatic heterocycles. The number of hydrogen-bond donors (Lipinski definition) is 1. The topological polar surface area (TPSA) is 66.8 Å². The first-order chi connectivity index (χ1) is 9.58.